The largest absolute Gasteiger partial charge is 0.339 e. The number of hydrogen-bond acceptors (Lipinski definition) is 1. The van der Waals surface area contributed by atoms with Crippen LogP contribution in [0.1, 0.15) is 23.1 Å². The van der Waals surface area contributed by atoms with E-state index < -0.39 is 5.54 Å². The first kappa shape index (κ1) is 18.5. The van der Waals surface area contributed by atoms with Gasteiger partial charge in [-0.2, -0.15) is 0 Å². The van der Waals surface area contributed by atoms with Gasteiger partial charge in [-0.25, -0.2) is 0 Å². The molecule has 1 aliphatic rings. The molecule has 3 aromatic carbocycles. The number of nitrogens with one attached hydrogen (secondary N) is 1. The molecule has 0 aliphatic carbocycles. The Balaban J connectivity index is 1.76. The van der Waals surface area contributed by atoms with Crippen LogP contribution >= 0.6 is 15.9 Å². The first-order chi connectivity index (χ1) is 13.6. The molecule has 1 N–H and O–H groups in total. The predicted molar refractivity (Wildman–Crippen MR) is 118 cm³/mol. The van der Waals surface area contributed by atoms with Crippen molar-refractivity contribution >= 4 is 33.0 Å². The van der Waals surface area contributed by atoms with Crippen molar-refractivity contribution in [3.8, 4) is 0 Å². The van der Waals surface area contributed by atoms with Crippen molar-refractivity contribution in [1.29, 1.82) is 0 Å². The van der Waals surface area contributed by atoms with Crippen molar-refractivity contribution in [1.82, 2.24) is 5.32 Å². The average molecular weight is 430 g/mol. The lowest BCUT2D eigenvalue weighted by atomic mass is 9.82. The van der Waals surface area contributed by atoms with Crippen molar-refractivity contribution in [2.75, 3.05) is 0 Å². The van der Waals surface area contributed by atoms with Crippen LogP contribution in [-0.2, 0) is 10.3 Å². The van der Waals surface area contributed by atoms with E-state index in [0.29, 0.717) is 12.0 Å². The lowest BCUT2D eigenvalue weighted by molar-refractivity contribution is -0.116. The van der Waals surface area contributed by atoms with Gasteiger partial charge in [0, 0.05) is 16.5 Å². The van der Waals surface area contributed by atoms with Gasteiger partial charge in [-0.3, -0.25) is 4.79 Å². The van der Waals surface area contributed by atoms with Gasteiger partial charge in [-0.05, 0) is 40.5 Å². The Morgan fingerprint density at radius 3 is 2.14 bits per heavy atom. The lowest BCUT2D eigenvalue weighted by Crippen LogP contribution is -2.39. The highest BCUT2D eigenvalue weighted by molar-refractivity contribution is 9.10. The summed E-state index contributed by atoms with van der Waals surface area (Å²) in [5, 5.41) is 3.24. The Labute approximate surface area is 173 Å². The second kappa shape index (κ2) is 7.61. The first-order valence-corrected chi connectivity index (χ1v) is 9.97. The molecule has 0 saturated carbocycles. The summed E-state index contributed by atoms with van der Waals surface area (Å²) in [4.78, 5) is 12.9. The Morgan fingerprint density at radius 1 is 0.893 bits per heavy atom. The van der Waals surface area contributed by atoms with Gasteiger partial charge in [0.1, 0.15) is 0 Å². The second-order valence-corrected chi connectivity index (χ2v) is 7.92. The van der Waals surface area contributed by atoms with Crippen LogP contribution < -0.4 is 5.32 Å². The maximum Gasteiger partial charge on any atom is 0.252 e. The molecule has 3 aromatic rings. The summed E-state index contributed by atoms with van der Waals surface area (Å²) in [6, 6.07) is 28.0. The second-order valence-electron chi connectivity index (χ2n) is 7.00. The van der Waals surface area contributed by atoms with Crippen LogP contribution in [0.5, 0.6) is 0 Å². The van der Waals surface area contributed by atoms with Crippen molar-refractivity contribution in [2.24, 2.45) is 0 Å². The zero-order valence-corrected chi connectivity index (χ0v) is 16.9. The van der Waals surface area contributed by atoms with Crippen molar-refractivity contribution in [2.45, 2.75) is 12.0 Å². The smallest absolute Gasteiger partial charge is 0.252 e. The molecule has 3 heteroatoms. The number of benzene rings is 3. The van der Waals surface area contributed by atoms with Gasteiger partial charge in [0.15, 0.2) is 0 Å². The zero-order valence-electron chi connectivity index (χ0n) is 15.4. The minimum absolute atomic E-state index is 0.0568. The van der Waals surface area contributed by atoms with Crippen LogP contribution in [0.15, 0.2) is 102 Å². The first-order valence-electron chi connectivity index (χ1n) is 9.17. The summed E-state index contributed by atoms with van der Waals surface area (Å²) in [6.07, 6.45) is 2.66. The normalized spacial score (nSPS) is 18.5. The SMILES string of the molecule is C=C(CC1(c2ccccc2)C=C(c2ccccc2)C(=O)N1)c1ccc(Br)cc1. The minimum atomic E-state index is -0.617. The van der Waals surface area contributed by atoms with E-state index in [-0.39, 0.29) is 5.91 Å². The molecule has 1 unspecified atom stereocenters. The molecular formula is C25H20BrNO. The molecule has 0 fully saturated rings. The zero-order chi connectivity index (χ0) is 19.6. The highest BCUT2D eigenvalue weighted by atomic mass is 79.9. The fourth-order valence-electron chi connectivity index (χ4n) is 3.66. The monoisotopic (exact) mass is 429 g/mol. The molecule has 138 valence electrons. The van der Waals surface area contributed by atoms with Crippen LogP contribution in [0.3, 0.4) is 0 Å². The summed E-state index contributed by atoms with van der Waals surface area (Å²) in [5.41, 5.74) is 4.09. The summed E-state index contributed by atoms with van der Waals surface area (Å²) >= 11 is 3.48. The summed E-state index contributed by atoms with van der Waals surface area (Å²) in [6.45, 7) is 4.32. The molecule has 1 amide bonds. The number of hydrogen-bond donors (Lipinski definition) is 1. The van der Waals surface area contributed by atoms with E-state index in [9.17, 15) is 4.79 Å². The molecule has 0 bridgehead atoms. The summed E-state index contributed by atoms with van der Waals surface area (Å²) < 4.78 is 1.03. The molecule has 1 atom stereocenters. The van der Waals surface area contributed by atoms with Gasteiger partial charge in [0.05, 0.1) is 5.54 Å². The van der Waals surface area contributed by atoms with E-state index in [1.807, 2.05) is 72.8 Å². The third-order valence-electron chi connectivity index (χ3n) is 5.09. The van der Waals surface area contributed by atoms with Gasteiger partial charge in [0.25, 0.3) is 5.91 Å². The standard InChI is InChI=1S/C25H20BrNO/c1-18(19-12-14-22(26)15-13-19)16-25(21-10-6-3-7-11-21)17-23(24(28)27-25)20-8-4-2-5-9-20/h2-15,17H,1,16H2,(H,27,28). The number of amides is 1. The minimum Gasteiger partial charge on any atom is -0.339 e. The molecular weight excluding hydrogens is 410 g/mol. The van der Waals surface area contributed by atoms with E-state index in [2.05, 4.69) is 46.0 Å². The summed E-state index contributed by atoms with van der Waals surface area (Å²) in [7, 11) is 0. The molecule has 1 aliphatic heterocycles. The van der Waals surface area contributed by atoms with Gasteiger partial charge in [-0.1, -0.05) is 95.3 Å². The molecule has 0 radical (unpaired) electrons. The molecule has 2 nitrogen and oxygen atoms in total. The van der Waals surface area contributed by atoms with Gasteiger partial charge in [-0.15, -0.1) is 0 Å². The van der Waals surface area contributed by atoms with Gasteiger partial charge in [0.2, 0.25) is 0 Å². The van der Waals surface area contributed by atoms with Crippen LogP contribution in [-0.4, -0.2) is 5.91 Å². The third-order valence-corrected chi connectivity index (χ3v) is 5.62. The Kier molecular flexibility index (Phi) is 5.01. The molecule has 0 spiro atoms. The van der Waals surface area contributed by atoms with Crippen molar-refractivity contribution in [3.63, 3.8) is 0 Å². The van der Waals surface area contributed by atoms with E-state index >= 15 is 0 Å². The van der Waals surface area contributed by atoms with E-state index in [0.717, 1.165) is 26.7 Å². The average Bonchev–Trinajstić information content (AvgIpc) is 3.07. The quantitative estimate of drug-likeness (QED) is 0.532. The van der Waals surface area contributed by atoms with E-state index in [1.54, 1.807) is 0 Å². The Hall–Kier alpha value is -2.91. The molecule has 28 heavy (non-hydrogen) atoms. The predicted octanol–water partition coefficient (Wildman–Crippen LogP) is 5.96. The maximum atomic E-state index is 12.9. The highest BCUT2D eigenvalue weighted by Gasteiger charge is 2.39. The number of halogens is 1. The van der Waals surface area contributed by atoms with Crippen LogP contribution in [0.2, 0.25) is 0 Å². The molecule has 1 heterocycles. The number of carbonyl (C=O) groups excluding carboxylic acids is 1. The topological polar surface area (TPSA) is 29.1 Å². The van der Waals surface area contributed by atoms with Crippen molar-refractivity contribution in [3.05, 3.63) is 119 Å². The van der Waals surface area contributed by atoms with Crippen molar-refractivity contribution < 1.29 is 4.79 Å². The number of carbonyl (C=O) groups is 1. The molecule has 0 saturated heterocycles. The summed E-state index contributed by atoms with van der Waals surface area (Å²) in [5.74, 6) is -0.0568. The fraction of sp³-hybridized carbons (Fsp3) is 0.0800. The van der Waals surface area contributed by atoms with Gasteiger partial charge < -0.3 is 5.32 Å². The lowest BCUT2D eigenvalue weighted by Gasteiger charge is -2.29. The molecule has 4 rings (SSSR count). The van der Waals surface area contributed by atoms with Crippen LogP contribution in [0.25, 0.3) is 11.1 Å². The van der Waals surface area contributed by atoms with E-state index in [4.69, 9.17) is 0 Å². The Morgan fingerprint density at radius 2 is 1.50 bits per heavy atom. The van der Waals surface area contributed by atoms with E-state index in [1.165, 1.54) is 0 Å². The Bertz CT molecular complexity index is 1040. The van der Waals surface area contributed by atoms with Crippen LogP contribution in [0.4, 0.5) is 0 Å². The fourth-order valence-corrected chi connectivity index (χ4v) is 3.93. The van der Waals surface area contributed by atoms with Gasteiger partial charge >= 0.3 is 0 Å². The van der Waals surface area contributed by atoms with Crippen LogP contribution in [0, 0.1) is 0 Å². The third kappa shape index (κ3) is 3.58. The maximum absolute atomic E-state index is 12.9. The number of rotatable bonds is 5. The highest BCUT2D eigenvalue weighted by Crippen LogP contribution is 2.40. The molecule has 0 aromatic heterocycles.